The molecule has 0 aliphatic heterocycles. The third-order valence-electron chi connectivity index (χ3n) is 3.96. The van der Waals surface area contributed by atoms with E-state index in [1.807, 2.05) is 4.90 Å². The molecule has 0 aliphatic carbocycles. The molecule has 146 valence electrons. The van der Waals surface area contributed by atoms with Crippen molar-refractivity contribution in [1.82, 2.24) is 4.90 Å². The second-order valence-corrected chi connectivity index (χ2v) is 5.99. The Kier molecular flexibility index (Phi) is 6.07. The minimum atomic E-state index is -0.568. The van der Waals surface area contributed by atoms with Crippen molar-refractivity contribution in [1.29, 1.82) is 0 Å². The van der Waals surface area contributed by atoms with Gasteiger partial charge in [0.15, 0.2) is 0 Å². The molecule has 1 amide bonds. The molecular weight excluding hydrogens is 366 g/mol. The number of nitrogens with zero attached hydrogens (tertiary/aromatic N) is 2. The fraction of sp³-hybridized carbons (Fsp3) is 0.211. The van der Waals surface area contributed by atoms with Gasteiger partial charge in [-0.15, -0.1) is 0 Å². The van der Waals surface area contributed by atoms with Gasteiger partial charge in [0.1, 0.15) is 23.0 Å². The lowest BCUT2D eigenvalue weighted by Gasteiger charge is -2.19. The molecule has 0 saturated heterocycles. The SMILES string of the molecule is COc1ccc(NC(=O)CN(Cc2ccco2)Cc2ccco2)c([N+](=O)[O-])c1. The summed E-state index contributed by atoms with van der Waals surface area (Å²) < 4.78 is 15.7. The Morgan fingerprint density at radius 3 is 2.29 bits per heavy atom. The van der Waals surface area contributed by atoms with Crippen molar-refractivity contribution >= 4 is 17.3 Å². The van der Waals surface area contributed by atoms with Crippen molar-refractivity contribution < 1.29 is 23.3 Å². The normalized spacial score (nSPS) is 10.8. The molecule has 0 spiro atoms. The quantitative estimate of drug-likeness (QED) is 0.444. The van der Waals surface area contributed by atoms with E-state index in [1.54, 1.807) is 42.9 Å². The molecule has 9 heteroatoms. The largest absolute Gasteiger partial charge is 0.496 e. The van der Waals surface area contributed by atoms with Crippen LogP contribution in [0.25, 0.3) is 0 Å². The average Bonchev–Trinajstić information content (AvgIpc) is 3.36. The Balaban J connectivity index is 1.72. The number of furan rings is 2. The number of benzene rings is 1. The fourth-order valence-electron chi connectivity index (χ4n) is 2.70. The van der Waals surface area contributed by atoms with Gasteiger partial charge in [0.2, 0.25) is 5.91 Å². The zero-order valence-corrected chi connectivity index (χ0v) is 15.2. The van der Waals surface area contributed by atoms with Gasteiger partial charge in [0.05, 0.1) is 50.3 Å². The number of anilines is 1. The predicted octanol–water partition coefficient (Wildman–Crippen LogP) is 3.43. The van der Waals surface area contributed by atoms with E-state index in [9.17, 15) is 14.9 Å². The van der Waals surface area contributed by atoms with Crippen molar-refractivity contribution in [2.75, 3.05) is 19.0 Å². The van der Waals surface area contributed by atoms with Crippen molar-refractivity contribution in [3.8, 4) is 5.75 Å². The van der Waals surface area contributed by atoms with Gasteiger partial charge >= 0.3 is 0 Å². The molecule has 0 aliphatic rings. The molecule has 9 nitrogen and oxygen atoms in total. The lowest BCUT2D eigenvalue weighted by atomic mass is 10.2. The smallest absolute Gasteiger partial charge is 0.296 e. The third-order valence-corrected chi connectivity index (χ3v) is 3.96. The first-order valence-corrected chi connectivity index (χ1v) is 8.44. The van der Waals surface area contributed by atoms with Crippen molar-refractivity contribution in [2.45, 2.75) is 13.1 Å². The number of ether oxygens (including phenoxy) is 1. The van der Waals surface area contributed by atoms with Crippen molar-refractivity contribution in [2.24, 2.45) is 0 Å². The lowest BCUT2D eigenvalue weighted by molar-refractivity contribution is -0.384. The van der Waals surface area contributed by atoms with E-state index >= 15 is 0 Å². The number of carbonyl (C=O) groups is 1. The number of nitro groups is 1. The Morgan fingerprint density at radius 1 is 1.14 bits per heavy atom. The topological polar surface area (TPSA) is 111 Å². The van der Waals surface area contributed by atoms with Crippen LogP contribution in [-0.4, -0.2) is 29.4 Å². The van der Waals surface area contributed by atoms with Gasteiger partial charge in [-0.1, -0.05) is 0 Å². The number of rotatable bonds is 9. The number of methoxy groups -OCH3 is 1. The lowest BCUT2D eigenvalue weighted by Crippen LogP contribution is -2.32. The van der Waals surface area contributed by atoms with Gasteiger partial charge in [-0.2, -0.15) is 0 Å². The molecule has 3 rings (SSSR count). The van der Waals surface area contributed by atoms with Gasteiger partial charge in [0, 0.05) is 0 Å². The number of hydrogen-bond donors (Lipinski definition) is 1. The number of carbonyl (C=O) groups excluding carboxylic acids is 1. The van der Waals surface area contributed by atoms with E-state index in [0.29, 0.717) is 30.4 Å². The standard InChI is InChI=1S/C19H19N3O6/c1-26-14-6-7-17(18(10-14)22(24)25)20-19(23)13-21(11-15-4-2-8-27-15)12-16-5-3-9-28-16/h2-10H,11-13H2,1H3,(H,20,23). The zero-order chi connectivity index (χ0) is 19.9. The summed E-state index contributed by atoms with van der Waals surface area (Å²) in [5.74, 6) is 1.32. The van der Waals surface area contributed by atoms with Crippen LogP contribution in [0.15, 0.2) is 63.8 Å². The van der Waals surface area contributed by atoms with E-state index in [-0.39, 0.29) is 17.9 Å². The molecule has 0 bridgehead atoms. The predicted molar refractivity (Wildman–Crippen MR) is 99.8 cm³/mol. The molecule has 0 unspecified atom stereocenters. The third kappa shape index (κ3) is 4.98. The van der Waals surface area contributed by atoms with E-state index in [2.05, 4.69) is 5.32 Å². The van der Waals surface area contributed by atoms with Crippen LogP contribution < -0.4 is 10.1 Å². The minimum Gasteiger partial charge on any atom is -0.496 e. The zero-order valence-electron chi connectivity index (χ0n) is 15.2. The highest BCUT2D eigenvalue weighted by Crippen LogP contribution is 2.29. The Morgan fingerprint density at radius 2 is 1.79 bits per heavy atom. The number of hydrogen-bond acceptors (Lipinski definition) is 7. The molecule has 28 heavy (non-hydrogen) atoms. The number of amides is 1. The monoisotopic (exact) mass is 385 g/mol. The first-order valence-electron chi connectivity index (χ1n) is 8.44. The summed E-state index contributed by atoms with van der Waals surface area (Å²) in [6.07, 6.45) is 3.11. The van der Waals surface area contributed by atoms with E-state index < -0.39 is 10.8 Å². The van der Waals surface area contributed by atoms with Gasteiger partial charge in [0.25, 0.3) is 5.69 Å². The molecule has 0 radical (unpaired) electrons. The Labute approximate surface area is 160 Å². The first kappa shape index (κ1) is 19.2. The van der Waals surface area contributed by atoms with Crippen LogP contribution >= 0.6 is 0 Å². The van der Waals surface area contributed by atoms with Crippen LogP contribution in [0.5, 0.6) is 5.75 Å². The van der Waals surface area contributed by atoms with Gasteiger partial charge in [-0.25, -0.2) is 0 Å². The summed E-state index contributed by atoms with van der Waals surface area (Å²) in [5.41, 5.74) is -0.136. The highest BCUT2D eigenvalue weighted by Gasteiger charge is 2.20. The summed E-state index contributed by atoms with van der Waals surface area (Å²) in [4.78, 5) is 25.1. The maximum absolute atomic E-state index is 12.5. The van der Waals surface area contributed by atoms with Crippen LogP contribution in [0, 0.1) is 10.1 Å². The molecule has 2 aromatic heterocycles. The molecule has 2 heterocycles. The summed E-state index contributed by atoms with van der Waals surface area (Å²) >= 11 is 0. The molecule has 0 fully saturated rings. The molecule has 0 saturated carbocycles. The first-order chi connectivity index (χ1) is 13.5. The highest BCUT2D eigenvalue weighted by molar-refractivity contribution is 5.94. The number of nitro benzene ring substituents is 1. The maximum Gasteiger partial charge on any atom is 0.296 e. The van der Waals surface area contributed by atoms with Crippen molar-refractivity contribution in [3.63, 3.8) is 0 Å². The van der Waals surface area contributed by atoms with Crippen molar-refractivity contribution in [3.05, 3.63) is 76.6 Å². The van der Waals surface area contributed by atoms with E-state index in [1.165, 1.54) is 19.2 Å². The maximum atomic E-state index is 12.5. The molecule has 1 aromatic carbocycles. The second kappa shape index (κ2) is 8.87. The second-order valence-electron chi connectivity index (χ2n) is 5.99. The molecule has 0 atom stereocenters. The summed E-state index contributed by atoms with van der Waals surface area (Å²) in [6.45, 7) is 0.752. The van der Waals surface area contributed by atoms with E-state index in [4.69, 9.17) is 13.6 Å². The van der Waals surface area contributed by atoms with E-state index in [0.717, 1.165) is 0 Å². The molecule has 3 aromatic rings. The fourth-order valence-corrected chi connectivity index (χ4v) is 2.70. The highest BCUT2D eigenvalue weighted by atomic mass is 16.6. The number of nitrogens with one attached hydrogen (secondary N) is 1. The molecule has 1 N–H and O–H groups in total. The van der Waals surface area contributed by atoms with Gasteiger partial charge < -0.3 is 18.9 Å². The van der Waals surface area contributed by atoms with Crippen LogP contribution in [0.3, 0.4) is 0 Å². The Bertz CT molecular complexity index is 885. The van der Waals surface area contributed by atoms with Gasteiger partial charge in [-0.3, -0.25) is 19.8 Å². The summed E-state index contributed by atoms with van der Waals surface area (Å²) in [5, 5.41) is 13.9. The summed E-state index contributed by atoms with van der Waals surface area (Å²) in [7, 11) is 1.42. The Hall–Kier alpha value is -3.59. The van der Waals surface area contributed by atoms with Crippen LogP contribution in [-0.2, 0) is 17.9 Å². The van der Waals surface area contributed by atoms with Crippen LogP contribution in [0.2, 0.25) is 0 Å². The van der Waals surface area contributed by atoms with Crippen LogP contribution in [0.1, 0.15) is 11.5 Å². The average molecular weight is 385 g/mol. The summed E-state index contributed by atoms with van der Waals surface area (Å²) in [6, 6.07) is 11.4. The molecular formula is C19H19N3O6. The minimum absolute atomic E-state index is 0.00934. The van der Waals surface area contributed by atoms with Crippen LogP contribution in [0.4, 0.5) is 11.4 Å². The van der Waals surface area contributed by atoms with Gasteiger partial charge in [-0.05, 0) is 36.4 Å².